The maximum absolute atomic E-state index is 11.5. The molecule has 23 heavy (non-hydrogen) atoms. The van der Waals surface area contributed by atoms with Gasteiger partial charge in [0.25, 0.3) is 0 Å². The zero-order valence-corrected chi connectivity index (χ0v) is 14.2. The Hall–Kier alpha value is -2.52. The van der Waals surface area contributed by atoms with E-state index in [1.807, 2.05) is 55.8 Å². The summed E-state index contributed by atoms with van der Waals surface area (Å²) in [6, 6.07) is 7.69. The molecule has 6 heteroatoms. The highest BCUT2D eigenvalue weighted by molar-refractivity contribution is 7.71. The summed E-state index contributed by atoms with van der Waals surface area (Å²) in [6.07, 6.45) is 3.19. The van der Waals surface area contributed by atoms with Gasteiger partial charge in [0.05, 0.1) is 6.54 Å². The minimum Gasteiger partial charge on any atom is -0.444 e. The Morgan fingerprint density at radius 1 is 1.35 bits per heavy atom. The van der Waals surface area contributed by atoms with Gasteiger partial charge in [-0.05, 0) is 57.3 Å². The monoisotopic (exact) mass is 329 g/mol. The zero-order chi connectivity index (χ0) is 16.9. The van der Waals surface area contributed by atoms with Gasteiger partial charge in [0.2, 0.25) is 0 Å². The van der Waals surface area contributed by atoms with Crippen LogP contribution in [0.4, 0.5) is 4.79 Å². The topological polar surface area (TPSA) is 59.0 Å². The molecule has 5 nitrogen and oxygen atoms in total. The van der Waals surface area contributed by atoms with E-state index in [2.05, 4.69) is 22.1 Å². The Bertz CT molecular complexity index is 786. The average Bonchev–Trinajstić information content (AvgIpc) is 2.89. The third kappa shape index (κ3) is 5.31. The zero-order valence-electron chi connectivity index (χ0n) is 13.3. The first kappa shape index (κ1) is 16.8. The second-order valence-corrected chi connectivity index (χ2v) is 6.23. The van der Waals surface area contributed by atoms with Crippen LogP contribution in [-0.2, 0) is 4.74 Å². The van der Waals surface area contributed by atoms with E-state index >= 15 is 0 Å². The van der Waals surface area contributed by atoms with Crippen molar-refractivity contribution in [3.05, 3.63) is 47.0 Å². The number of H-pyrrole nitrogens is 1. The molecule has 2 N–H and O–H groups in total. The van der Waals surface area contributed by atoms with Crippen molar-refractivity contribution < 1.29 is 9.53 Å². The molecular weight excluding hydrogens is 310 g/mol. The molecule has 1 aromatic carbocycles. The average molecular weight is 329 g/mol. The summed E-state index contributed by atoms with van der Waals surface area (Å²) in [7, 11) is 0. The third-order valence-electron chi connectivity index (χ3n) is 2.75. The lowest BCUT2D eigenvalue weighted by Gasteiger charge is -2.18. The van der Waals surface area contributed by atoms with E-state index in [1.54, 1.807) is 6.20 Å². The predicted octanol–water partition coefficient (Wildman–Crippen LogP) is 3.41. The van der Waals surface area contributed by atoms with Crippen molar-refractivity contribution in [3.63, 3.8) is 0 Å². The van der Waals surface area contributed by atoms with E-state index in [4.69, 9.17) is 17.0 Å². The Balaban J connectivity index is 1.91. The van der Waals surface area contributed by atoms with Crippen LogP contribution >= 0.6 is 12.2 Å². The fraction of sp³-hybridized carbons (Fsp3) is 0.294. The van der Waals surface area contributed by atoms with Gasteiger partial charge in [0, 0.05) is 23.6 Å². The molecule has 0 aliphatic heterocycles. The summed E-state index contributed by atoms with van der Waals surface area (Å²) in [6.45, 7) is 5.68. The smallest absolute Gasteiger partial charge is 0.408 e. The second kappa shape index (κ2) is 7.16. The number of nitrogens with zero attached hydrogens (tertiary/aromatic N) is 1. The number of carbonyl (C=O) groups is 1. The lowest BCUT2D eigenvalue weighted by atomic mass is 10.2. The van der Waals surface area contributed by atoms with Gasteiger partial charge in [-0.3, -0.25) is 4.57 Å². The van der Waals surface area contributed by atoms with Crippen molar-refractivity contribution in [1.82, 2.24) is 14.9 Å². The fourth-order valence-electron chi connectivity index (χ4n) is 1.81. The number of carbonyl (C=O) groups excluding carboxylic acids is 1. The van der Waals surface area contributed by atoms with Crippen LogP contribution in [0.2, 0.25) is 0 Å². The number of imidazole rings is 1. The van der Waals surface area contributed by atoms with E-state index < -0.39 is 11.7 Å². The molecule has 1 amide bonds. The molecule has 0 aliphatic rings. The number of ether oxygens (including phenoxy) is 1. The van der Waals surface area contributed by atoms with E-state index in [0.29, 0.717) is 4.77 Å². The third-order valence-corrected chi connectivity index (χ3v) is 3.06. The Morgan fingerprint density at radius 2 is 2.04 bits per heavy atom. The summed E-state index contributed by atoms with van der Waals surface area (Å²) >= 11 is 5.18. The number of hydrogen-bond acceptors (Lipinski definition) is 3. The van der Waals surface area contributed by atoms with Crippen molar-refractivity contribution >= 4 is 18.3 Å². The fourth-order valence-corrected chi connectivity index (χ4v) is 2.04. The van der Waals surface area contributed by atoms with Crippen LogP contribution in [0.3, 0.4) is 0 Å². The molecular formula is C17H19N3O2S. The van der Waals surface area contributed by atoms with Gasteiger partial charge < -0.3 is 15.0 Å². The number of aromatic nitrogens is 2. The van der Waals surface area contributed by atoms with Crippen LogP contribution in [0.15, 0.2) is 36.7 Å². The Kier molecular flexibility index (Phi) is 5.24. The van der Waals surface area contributed by atoms with Crippen molar-refractivity contribution in [2.75, 3.05) is 6.54 Å². The maximum atomic E-state index is 11.5. The van der Waals surface area contributed by atoms with Gasteiger partial charge in [0.1, 0.15) is 5.60 Å². The van der Waals surface area contributed by atoms with E-state index in [0.717, 1.165) is 11.3 Å². The van der Waals surface area contributed by atoms with Gasteiger partial charge in [-0.25, -0.2) is 4.79 Å². The van der Waals surface area contributed by atoms with Gasteiger partial charge in [-0.1, -0.05) is 11.8 Å². The lowest BCUT2D eigenvalue weighted by molar-refractivity contribution is 0.0535. The van der Waals surface area contributed by atoms with Gasteiger partial charge in [-0.15, -0.1) is 0 Å². The molecule has 0 fully saturated rings. The molecule has 0 saturated carbocycles. The normalized spacial score (nSPS) is 10.6. The van der Waals surface area contributed by atoms with Crippen LogP contribution in [0.5, 0.6) is 0 Å². The summed E-state index contributed by atoms with van der Waals surface area (Å²) in [4.78, 5) is 14.4. The van der Waals surface area contributed by atoms with Crippen molar-refractivity contribution in [1.29, 1.82) is 0 Å². The molecule has 0 saturated heterocycles. The van der Waals surface area contributed by atoms with E-state index in [9.17, 15) is 4.79 Å². The first-order chi connectivity index (χ1) is 10.8. The number of rotatable bonds is 2. The molecule has 0 radical (unpaired) electrons. The quantitative estimate of drug-likeness (QED) is 0.656. The summed E-state index contributed by atoms with van der Waals surface area (Å²) < 4.78 is 7.64. The van der Waals surface area contributed by atoms with Crippen LogP contribution in [0.1, 0.15) is 26.3 Å². The number of aromatic amines is 1. The lowest BCUT2D eigenvalue weighted by Crippen LogP contribution is -2.32. The molecule has 120 valence electrons. The summed E-state index contributed by atoms with van der Waals surface area (Å²) in [5.74, 6) is 5.88. The molecule has 0 spiro atoms. The summed E-state index contributed by atoms with van der Waals surface area (Å²) in [5, 5.41) is 2.59. The van der Waals surface area contributed by atoms with Gasteiger partial charge in [-0.2, -0.15) is 0 Å². The van der Waals surface area contributed by atoms with Crippen molar-refractivity contribution in [2.45, 2.75) is 26.4 Å². The molecule has 0 atom stereocenters. The van der Waals surface area contributed by atoms with Crippen LogP contribution in [0.25, 0.3) is 5.69 Å². The molecule has 0 unspecified atom stereocenters. The Morgan fingerprint density at radius 3 is 2.61 bits per heavy atom. The highest BCUT2D eigenvalue weighted by atomic mass is 32.1. The first-order valence-corrected chi connectivity index (χ1v) is 7.58. The van der Waals surface area contributed by atoms with Gasteiger partial charge >= 0.3 is 6.09 Å². The number of alkyl carbamates (subject to hydrolysis) is 1. The number of hydrogen-bond donors (Lipinski definition) is 2. The Labute approximate surface area is 140 Å². The van der Waals surface area contributed by atoms with Gasteiger partial charge in [0.15, 0.2) is 4.77 Å². The molecule has 1 aromatic heterocycles. The SMILES string of the molecule is CC(C)(C)OC(=O)NCC#Cc1ccc(-n2cc[nH]c2=S)cc1. The number of nitrogens with one attached hydrogen (secondary N) is 2. The molecule has 0 bridgehead atoms. The van der Waals surface area contributed by atoms with Crippen LogP contribution in [0, 0.1) is 16.6 Å². The number of amides is 1. The highest BCUT2D eigenvalue weighted by Gasteiger charge is 2.14. The first-order valence-electron chi connectivity index (χ1n) is 7.17. The standard InChI is InChI=1S/C17H19N3O2S/c1-17(2,3)22-16(21)19-10-4-5-13-6-8-14(9-7-13)20-12-11-18-15(20)23/h6-9,11-12H,10H2,1-3H3,(H,18,23)(H,19,21). The van der Waals surface area contributed by atoms with Crippen molar-refractivity contribution in [2.24, 2.45) is 0 Å². The molecule has 0 aliphatic carbocycles. The molecule has 2 rings (SSSR count). The largest absolute Gasteiger partial charge is 0.444 e. The predicted molar refractivity (Wildman–Crippen MR) is 92.1 cm³/mol. The number of benzene rings is 1. The minimum atomic E-state index is -0.507. The molecule has 1 heterocycles. The molecule has 2 aromatic rings. The minimum absolute atomic E-state index is 0.236. The highest BCUT2D eigenvalue weighted by Crippen LogP contribution is 2.09. The van der Waals surface area contributed by atoms with Crippen LogP contribution < -0.4 is 5.32 Å². The van der Waals surface area contributed by atoms with Crippen molar-refractivity contribution in [3.8, 4) is 17.5 Å². The summed E-state index contributed by atoms with van der Waals surface area (Å²) in [5.41, 5.74) is 1.32. The second-order valence-electron chi connectivity index (χ2n) is 5.84. The maximum Gasteiger partial charge on any atom is 0.408 e. The van der Waals surface area contributed by atoms with E-state index in [1.165, 1.54) is 0 Å². The van der Waals surface area contributed by atoms with E-state index in [-0.39, 0.29) is 6.54 Å². The van der Waals surface area contributed by atoms with Crippen LogP contribution in [-0.4, -0.2) is 27.8 Å².